The monoisotopic (exact) mass is 322 g/mol. The van der Waals surface area contributed by atoms with Crippen LogP contribution in [-0.4, -0.2) is 30.8 Å². The minimum Gasteiger partial charge on any atom is -0.392 e. The Morgan fingerprint density at radius 1 is 1.08 bits per heavy atom. The average Bonchev–Trinajstić information content (AvgIpc) is 2.59. The van der Waals surface area contributed by atoms with Crippen LogP contribution < -0.4 is 4.90 Å². The van der Waals surface area contributed by atoms with Crippen LogP contribution in [0.1, 0.15) is 5.56 Å². The van der Waals surface area contributed by atoms with Crippen LogP contribution in [0.15, 0.2) is 54.6 Å². The molecule has 0 radical (unpaired) electrons. The number of fused-ring (bicyclic) bond motifs is 1. The molecule has 0 bridgehead atoms. The molecule has 0 saturated heterocycles. The molecule has 24 heavy (non-hydrogen) atoms. The van der Waals surface area contributed by atoms with E-state index in [0.717, 1.165) is 33.4 Å². The molecule has 0 unspecified atom stereocenters. The Morgan fingerprint density at radius 3 is 2.46 bits per heavy atom. The topological polar surface area (TPSA) is 36.4 Å². The summed E-state index contributed by atoms with van der Waals surface area (Å²) in [6.07, 6.45) is 3.55. The van der Waals surface area contributed by atoms with Crippen molar-refractivity contribution in [1.29, 1.82) is 0 Å². The van der Waals surface area contributed by atoms with Gasteiger partial charge in [-0.25, -0.2) is 9.37 Å². The van der Waals surface area contributed by atoms with Gasteiger partial charge in [0, 0.05) is 30.6 Å². The van der Waals surface area contributed by atoms with E-state index in [1.54, 1.807) is 18.2 Å². The molecule has 1 N–H and O–H groups in total. The summed E-state index contributed by atoms with van der Waals surface area (Å²) < 4.78 is 13.4. The number of hydrogen-bond acceptors (Lipinski definition) is 3. The normalized spacial score (nSPS) is 11.3. The molecule has 0 amide bonds. The summed E-state index contributed by atoms with van der Waals surface area (Å²) in [6.45, 7) is -0.0530. The summed E-state index contributed by atoms with van der Waals surface area (Å²) in [4.78, 5) is 6.69. The standard InChI is InChI=1S/C20H19FN2O/c1-23(2)20-17(7-5-13-24)19(14-9-11-15(21)12-10-14)16-6-3-4-8-18(16)22-20/h3-12,24H,13H2,1-2H3. The average molecular weight is 322 g/mol. The maximum absolute atomic E-state index is 13.4. The van der Waals surface area contributed by atoms with Crippen molar-refractivity contribution < 1.29 is 9.50 Å². The van der Waals surface area contributed by atoms with Crippen LogP contribution in [0.2, 0.25) is 0 Å². The van der Waals surface area contributed by atoms with Crippen molar-refractivity contribution in [1.82, 2.24) is 4.98 Å². The number of hydrogen-bond donors (Lipinski definition) is 1. The Kier molecular flexibility index (Phi) is 4.58. The van der Waals surface area contributed by atoms with Gasteiger partial charge < -0.3 is 10.0 Å². The maximum Gasteiger partial charge on any atom is 0.136 e. The fraction of sp³-hybridized carbons (Fsp3) is 0.150. The van der Waals surface area contributed by atoms with E-state index in [-0.39, 0.29) is 12.4 Å². The van der Waals surface area contributed by atoms with Crippen LogP contribution in [0.4, 0.5) is 10.2 Å². The van der Waals surface area contributed by atoms with Crippen molar-refractivity contribution in [2.24, 2.45) is 0 Å². The lowest BCUT2D eigenvalue weighted by atomic mass is 9.95. The molecular formula is C20H19FN2O. The van der Waals surface area contributed by atoms with Gasteiger partial charge in [-0.1, -0.05) is 42.5 Å². The summed E-state index contributed by atoms with van der Waals surface area (Å²) in [5.74, 6) is 0.537. The number of halogens is 1. The van der Waals surface area contributed by atoms with Gasteiger partial charge in [0.15, 0.2) is 0 Å². The lowest BCUT2D eigenvalue weighted by molar-refractivity contribution is 0.343. The van der Waals surface area contributed by atoms with E-state index < -0.39 is 0 Å². The number of para-hydroxylation sites is 1. The molecule has 1 heterocycles. The van der Waals surface area contributed by atoms with Gasteiger partial charge in [-0.05, 0) is 23.8 Å². The molecular weight excluding hydrogens is 303 g/mol. The summed E-state index contributed by atoms with van der Waals surface area (Å²) in [5, 5.41) is 10.2. The molecule has 0 fully saturated rings. The van der Waals surface area contributed by atoms with Crippen LogP contribution in [0.5, 0.6) is 0 Å². The number of pyridine rings is 1. The number of benzene rings is 2. The molecule has 0 aliphatic heterocycles. The van der Waals surface area contributed by atoms with Gasteiger partial charge in [0.25, 0.3) is 0 Å². The minimum atomic E-state index is -0.266. The van der Waals surface area contributed by atoms with Crippen LogP contribution in [0, 0.1) is 5.82 Å². The zero-order valence-electron chi connectivity index (χ0n) is 13.7. The Hall–Kier alpha value is -2.72. The first-order valence-electron chi connectivity index (χ1n) is 7.75. The van der Waals surface area contributed by atoms with Crippen LogP contribution in [0.3, 0.4) is 0 Å². The number of anilines is 1. The predicted molar refractivity (Wildman–Crippen MR) is 97.6 cm³/mol. The zero-order valence-corrected chi connectivity index (χ0v) is 13.7. The van der Waals surface area contributed by atoms with Crippen LogP contribution in [-0.2, 0) is 0 Å². The molecule has 0 atom stereocenters. The van der Waals surface area contributed by atoms with Gasteiger partial charge in [0.1, 0.15) is 11.6 Å². The SMILES string of the molecule is CN(C)c1nc2ccccc2c(-c2ccc(F)cc2)c1C=CCO. The quantitative estimate of drug-likeness (QED) is 0.785. The highest BCUT2D eigenvalue weighted by Crippen LogP contribution is 2.37. The Morgan fingerprint density at radius 2 is 1.79 bits per heavy atom. The second-order valence-electron chi connectivity index (χ2n) is 5.73. The van der Waals surface area contributed by atoms with Crippen molar-refractivity contribution in [2.45, 2.75) is 0 Å². The first kappa shape index (κ1) is 16.1. The maximum atomic E-state index is 13.4. The van der Waals surface area contributed by atoms with Gasteiger partial charge >= 0.3 is 0 Å². The second-order valence-corrected chi connectivity index (χ2v) is 5.73. The van der Waals surface area contributed by atoms with E-state index in [4.69, 9.17) is 4.98 Å². The van der Waals surface area contributed by atoms with Gasteiger partial charge in [-0.2, -0.15) is 0 Å². The van der Waals surface area contributed by atoms with Crippen molar-refractivity contribution in [2.75, 3.05) is 25.6 Å². The van der Waals surface area contributed by atoms with Crippen molar-refractivity contribution in [3.63, 3.8) is 0 Å². The lowest BCUT2D eigenvalue weighted by Gasteiger charge is -2.20. The van der Waals surface area contributed by atoms with Crippen molar-refractivity contribution >= 4 is 22.8 Å². The van der Waals surface area contributed by atoms with E-state index in [9.17, 15) is 9.50 Å². The Balaban J connectivity index is 2.41. The van der Waals surface area contributed by atoms with E-state index in [2.05, 4.69) is 0 Å². The Bertz CT molecular complexity index is 886. The van der Waals surface area contributed by atoms with Gasteiger partial charge in [0.05, 0.1) is 12.1 Å². The third kappa shape index (κ3) is 3.01. The van der Waals surface area contributed by atoms with Crippen molar-refractivity contribution in [3.05, 3.63) is 66.0 Å². The summed E-state index contributed by atoms with van der Waals surface area (Å²) in [7, 11) is 3.86. The van der Waals surface area contributed by atoms with Crippen molar-refractivity contribution in [3.8, 4) is 11.1 Å². The van der Waals surface area contributed by atoms with Gasteiger partial charge in [-0.3, -0.25) is 0 Å². The molecule has 2 aromatic carbocycles. The highest BCUT2D eigenvalue weighted by Gasteiger charge is 2.16. The third-order valence-corrected chi connectivity index (χ3v) is 3.86. The molecule has 0 aliphatic rings. The number of aliphatic hydroxyl groups is 1. The summed E-state index contributed by atoms with van der Waals surface area (Å²) in [5.41, 5.74) is 3.67. The summed E-state index contributed by atoms with van der Waals surface area (Å²) in [6, 6.07) is 14.3. The Labute approximate surface area is 140 Å². The van der Waals surface area contributed by atoms with E-state index in [1.165, 1.54) is 12.1 Å². The minimum absolute atomic E-state index is 0.0530. The van der Waals surface area contributed by atoms with Crippen LogP contribution >= 0.6 is 0 Å². The molecule has 3 nitrogen and oxygen atoms in total. The fourth-order valence-corrected chi connectivity index (χ4v) is 2.81. The van der Waals surface area contributed by atoms with E-state index in [1.807, 2.05) is 49.3 Å². The molecule has 0 saturated carbocycles. The molecule has 3 rings (SSSR count). The van der Waals surface area contributed by atoms with Gasteiger partial charge in [-0.15, -0.1) is 0 Å². The molecule has 0 aliphatic carbocycles. The highest BCUT2D eigenvalue weighted by molar-refractivity contribution is 6.01. The lowest BCUT2D eigenvalue weighted by Crippen LogP contribution is -2.13. The van der Waals surface area contributed by atoms with Gasteiger partial charge in [0.2, 0.25) is 0 Å². The highest BCUT2D eigenvalue weighted by atomic mass is 19.1. The number of rotatable bonds is 4. The first-order valence-corrected chi connectivity index (χ1v) is 7.75. The molecule has 122 valence electrons. The van der Waals surface area contributed by atoms with E-state index in [0.29, 0.717) is 0 Å². The van der Waals surface area contributed by atoms with Crippen LogP contribution in [0.25, 0.3) is 28.1 Å². The largest absolute Gasteiger partial charge is 0.392 e. The number of nitrogens with zero attached hydrogens (tertiary/aromatic N) is 2. The predicted octanol–water partition coefficient (Wildman–Crippen LogP) is 4.11. The molecule has 3 aromatic rings. The zero-order chi connectivity index (χ0) is 17.1. The second kappa shape index (κ2) is 6.81. The molecule has 4 heteroatoms. The third-order valence-electron chi connectivity index (χ3n) is 3.86. The fourth-order valence-electron chi connectivity index (χ4n) is 2.81. The number of aromatic nitrogens is 1. The number of aliphatic hydroxyl groups excluding tert-OH is 1. The smallest absolute Gasteiger partial charge is 0.136 e. The molecule has 0 spiro atoms. The molecule has 1 aromatic heterocycles. The van der Waals surface area contributed by atoms with E-state index >= 15 is 0 Å². The first-order chi connectivity index (χ1) is 11.6. The summed E-state index contributed by atoms with van der Waals surface area (Å²) >= 11 is 0.